The standard InChI is InChI=1S/C19H26O3/c1-13(2)5-8-16-11-15(7-10-18(20)21)12-17(19(16)22)9-6-14(3)4/h5-6,11-12,22H,7-10H2,1-4H3,(H,20,21). The van der Waals surface area contributed by atoms with Crippen LogP contribution in [0.3, 0.4) is 0 Å². The van der Waals surface area contributed by atoms with Crippen molar-refractivity contribution in [2.75, 3.05) is 0 Å². The van der Waals surface area contributed by atoms with Gasteiger partial charge in [0.05, 0.1) is 0 Å². The van der Waals surface area contributed by atoms with Crippen molar-refractivity contribution in [1.82, 2.24) is 0 Å². The molecule has 0 aliphatic carbocycles. The van der Waals surface area contributed by atoms with E-state index in [2.05, 4.69) is 12.2 Å². The summed E-state index contributed by atoms with van der Waals surface area (Å²) in [6.45, 7) is 8.09. The van der Waals surface area contributed by atoms with Gasteiger partial charge in [0.15, 0.2) is 0 Å². The van der Waals surface area contributed by atoms with Crippen molar-refractivity contribution in [1.29, 1.82) is 0 Å². The van der Waals surface area contributed by atoms with Crippen molar-refractivity contribution in [2.45, 2.75) is 53.4 Å². The molecular formula is C19H26O3. The van der Waals surface area contributed by atoms with Crippen molar-refractivity contribution in [3.63, 3.8) is 0 Å². The van der Waals surface area contributed by atoms with E-state index in [4.69, 9.17) is 5.11 Å². The summed E-state index contributed by atoms with van der Waals surface area (Å²) < 4.78 is 0. The molecule has 0 aliphatic heterocycles. The van der Waals surface area contributed by atoms with Gasteiger partial charge in [-0.05, 0) is 63.6 Å². The summed E-state index contributed by atoms with van der Waals surface area (Å²) in [5.41, 5.74) is 5.08. The first-order valence-corrected chi connectivity index (χ1v) is 7.61. The van der Waals surface area contributed by atoms with Crippen molar-refractivity contribution >= 4 is 5.97 Å². The third-order valence-corrected chi connectivity index (χ3v) is 3.42. The number of phenols is 1. The third-order valence-electron chi connectivity index (χ3n) is 3.42. The Morgan fingerprint density at radius 3 is 1.82 bits per heavy atom. The second kappa shape index (κ2) is 8.42. The van der Waals surface area contributed by atoms with Crippen LogP contribution < -0.4 is 0 Å². The molecule has 0 radical (unpaired) electrons. The van der Waals surface area contributed by atoms with Gasteiger partial charge in [0.25, 0.3) is 0 Å². The van der Waals surface area contributed by atoms with Crippen LogP contribution in [0.5, 0.6) is 5.75 Å². The highest BCUT2D eigenvalue weighted by Crippen LogP contribution is 2.27. The van der Waals surface area contributed by atoms with Gasteiger partial charge in [-0.25, -0.2) is 0 Å². The number of aryl methyl sites for hydroxylation is 1. The first-order chi connectivity index (χ1) is 10.3. The minimum atomic E-state index is -0.801. The van der Waals surface area contributed by atoms with Crippen LogP contribution in [0.15, 0.2) is 35.4 Å². The molecule has 3 heteroatoms. The Bertz CT molecular complexity index is 546. The minimum Gasteiger partial charge on any atom is -0.507 e. The Kier molecular flexibility index (Phi) is 6.90. The van der Waals surface area contributed by atoms with Crippen LogP contribution in [0.25, 0.3) is 0 Å². The maximum absolute atomic E-state index is 10.8. The van der Waals surface area contributed by atoms with Gasteiger partial charge < -0.3 is 10.2 Å². The van der Waals surface area contributed by atoms with E-state index in [1.165, 1.54) is 11.1 Å². The second-order valence-corrected chi connectivity index (χ2v) is 6.13. The molecule has 0 aromatic heterocycles. The molecule has 1 rings (SSSR count). The van der Waals surface area contributed by atoms with Gasteiger partial charge in [0, 0.05) is 6.42 Å². The zero-order valence-corrected chi connectivity index (χ0v) is 13.9. The smallest absolute Gasteiger partial charge is 0.303 e. The van der Waals surface area contributed by atoms with Crippen LogP contribution in [0, 0.1) is 0 Å². The molecule has 3 nitrogen and oxygen atoms in total. The molecule has 0 saturated carbocycles. The number of hydrogen-bond donors (Lipinski definition) is 2. The second-order valence-electron chi connectivity index (χ2n) is 6.13. The SMILES string of the molecule is CC(C)=CCc1cc(CCC(=O)O)cc(CC=C(C)C)c1O. The molecule has 22 heavy (non-hydrogen) atoms. The summed E-state index contributed by atoms with van der Waals surface area (Å²) in [5.74, 6) is -0.473. The molecule has 0 bridgehead atoms. The van der Waals surface area contributed by atoms with Crippen LogP contribution >= 0.6 is 0 Å². The number of carbonyl (C=O) groups is 1. The summed E-state index contributed by atoms with van der Waals surface area (Å²) in [5, 5.41) is 19.3. The summed E-state index contributed by atoms with van der Waals surface area (Å²) in [7, 11) is 0. The van der Waals surface area contributed by atoms with Crippen LogP contribution in [-0.4, -0.2) is 16.2 Å². The van der Waals surface area contributed by atoms with Gasteiger partial charge in [-0.2, -0.15) is 0 Å². The molecule has 1 aromatic carbocycles. The van der Waals surface area contributed by atoms with E-state index in [0.717, 1.165) is 16.7 Å². The van der Waals surface area contributed by atoms with Gasteiger partial charge in [-0.3, -0.25) is 4.79 Å². The first kappa shape index (κ1) is 18.0. The molecule has 0 unspecified atom stereocenters. The lowest BCUT2D eigenvalue weighted by Gasteiger charge is -2.11. The Morgan fingerprint density at radius 1 is 1.00 bits per heavy atom. The average molecular weight is 302 g/mol. The largest absolute Gasteiger partial charge is 0.507 e. The topological polar surface area (TPSA) is 57.5 Å². The molecule has 0 fully saturated rings. The zero-order valence-electron chi connectivity index (χ0n) is 13.9. The number of aliphatic carboxylic acids is 1. The van der Waals surface area contributed by atoms with E-state index >= 15 is 0 Å². The predicted molar refractivity (Wildman–Crippen MR) is 90.3 cm³/mol. The fourth-order valence-corrected chi connectivity index (χ4v) is 2.17. The molecule has 120 valence electrons. The molecule has 0 heterocycles. The minimum absolute atomic E-state index is 0.106. The monoisotopic (exact) mass is 302 g/mol. The summed E-state index contributed by atoms with van der Waals surface area (Å²) in [6, 6.07) is 3.84. The fourth-order valence-electron chi connectivity index (χ4n) is 2.17. The summed E-state index contributed by atoms with van der Waals surface area (Å²) in [4.78, 5) is 10.8. The predicted octanol–water partition coefficient (Wildman–Crippen LogP) is 4.43. The van der Waals surface area contributed by atoms with Crippen molar-refractivity contribution in [3.05, 3.63) is 52.1 Å². The molecule has 1 aromatic rings. The molecule has 2 N–H and O–H groups in total. The Balaban J connectivity index is 3.14. The maximum Gasteiger partial charge on any atom is 0.303 e. The lowest BCUT2D eigenvalue weighted by atomic mass is 9.96. The van der Waals surface area contributed by atoms with Crippen molar-refractivity contribution in [3.8, 4) is 5.75 Å². The van der Waals surface area contributed by atoms with Gasteiger partial charge >= 0.3 is 5.97 Å². The van der Waals surface area contributed by atoms with E-state index in [1.54, 1.807) is 0 Å². The highest BCUT2D eigenvalue weighted by Gasteiger charge is 2.10. The first-order valence-electron chi connectivity index (χ1n) is 7.61. The maximum atomic E-state index is 10.8. The fraction of sp³-hybridized carbons (Fsp3) is 0.421. The van der Waals surface area contributed by atoms with Crippen molar-refractivity contribution in [2.24, 2.45) is 0 Å². The number of benzene rings is 1. The van der Waals surface area contributed by atoms with E-state index in [9.17, 15) is 9.90 Å². The summed E-state index contributed by atoms with van der Waals surface area (Å²) >= 11 is 0. The van der Waals surface area contributed by atoms with E-state index in [1.807, 2.05) is 39.8 Å². The Morgan fingerprint density at radius 2 is 1.45 bits per heavy atom. The number of carboxylic acid groups (broad SMARTS) is 1. The van der Waals surface area contributed by atoms with Gasteiger partial charge in [0.1, 0.15) is 5.75 Å². The molecule has 0 aliphatic rings. The number of aromatic hydroxyl groups is 1. The molecule has 0 amide bonds. The third kappa shape index (κ3) is 6.17. The van der Waals surface area contributed by atoms with Crippen LogP contribution in [0.2, 0.25) is 0 Å². The molecule has 0 atom stereocenters. The quantitative estimate of drug-likeness (QED) is 0.733. The number of allylic oxidation sites excluding steroid dienone is 4. The summed E-state index contributed by atoms with van der Waals surface area (Å²) in [6.07, 6.45) is 6.06. The molecule has 0 spiro atoms. The number of phenolic OH excluding ortho intramolecular Hbond substituents is 1. The highest BCUT2D eigenvalue weighted by atomic mass is 16.4. The molecule has 0 saturated heterocycles. The lowest BCUT2D eigenvalue weighted by molar-refractivity contribution is -0.136. The Labute approximate surface area is 133 Å². The highest BCUT2D eigenvalue weighted by molar-refractivity contribution is 5.67. The van der Waals surface area contributed by atoms with E-state index in [0.29, 0.717) is 25.0 Å². The zero-order chi connectivity index (χ0) is 16.7. The number of hydrogen-bond acceptors (Lipinski definition) is 2. The van der Waals surface area contributed by atoms with E-state index in [-0.39, 0.29) is 6.42 Å². The molecular weight excluding hydrogens is 276 g/mol. The lowest BCUT2D eigenvalue weighted by Crippen LogP contribution is -2.00. The van der Waals surface area contributed by atoms with Gasteiger partial charge in [-0.15, -0.1) is 0 Å². The average Bonchev–Trinajstić information content (AvgIpc) is 2.42. The van der Waals surface area contributed by atoms with Gasteiger partial charge in [0.2, 0.25) is 0 Å². The number of rotatable bonds is 7. The van der Waals surface area contributed by atoms with Crippen LogP contribution in [0.4, 0.5) is 0 Å². The van der Waals surface area contributed by atoms with Crippen LogP contribution in [-0.2, 0) is 24.1 Å². The van der Waals surface area contributed by atoms with Crippen molar-refractivity contribution < 1.29 is 15.0 Å². The number of carboxylic acids is 1. The van der Waals surface area contributed by atoms with Gasteiger partial charge in [-0.1, -0.05) is 35.4 Å². The van der Waals surface area contributed by atoms with Crippen LogP contribution in [0.1, 0.15) is 50.8 Å². The normalized spacial score (nSPS) is 10.2. The Hall–Kier alpha value is -2.03. The van der Waals surface area contributed by atoms with E-state index < -0.39 is 5.97 Å².